The van der Waals surface area contributed by atoms with Crippen LogP contribution in [0.2, 0.25) is 0 Å². The van der Waals surface area contributed by atoms with E-state index in [1.54, 1.807) is 12.4 Å². The maximum absolute atomic E-state index is 4.67. The Morgan fingerprint density at radius 2 is 1.79 bits per heavy atom. The molecule has 0 aliphatic heterocycles. The molecule has 0 saturated heterocycles. The Morgan fingerprint density at radius 1 is 1.04 bits per heavy atom. The van der Waals surface area contributed by atoms with Crippen molar-refractivity contribution in [3.05, 3.63) is 47.4 Å². The minimum absolute atomic E-state index is 0.706. The second-order valence-corrected chi connectivity index (χ2v) is 5.74. The zero-order valence-electron chi connectivity index (χ0n) is 14.4. The van der Waals surface area contributed by atoms with Crippen molar-refractivity contribution in [1.29, 1.82) is 0 Å². The van der Waals surface area contributed by atoms with Gasteiger partial charge < -0.3 is 9.88 Å². The predicted molar refractivity (Wildman–Crippen MR) is 92.7 cm³/mol. The lowest BCUT2D eigenvalue weighted by Crippen LogP contribution is -2.12. The highest BCUT2D eigenvalue weighted by molar-refractivity contribution is 5.59. The van der Waals surface area contributed by atoms with E-state index < -0.39 is 0 Å². The van der Waals surface area contributed by atoms with Crippen LogP contribution in [0, 0.1) is 20.8 Å². The summed E-state index contributed by atoms with van der Waals surface area (Å²) < 4.78 is 2.00. The van der Waals surface area contributed by atoms with Crippen LogP contribution in [0.3, 0.4) is 0 Å². The van der Waals surface area contributed by atoms with Gasteiger partial charge in [-0.2, -0.15) is 0 Å². The van der Waals surface area contributed by atoms with Crippen molar-refractivity contribution < 1.29 is 0 Å². The first-order valence-electron chi connectivity index (χ1n) is 7.90. The second kappa shape index (κ2) is 6.74. The van der Waals surface area contributed by atoms with Crippen LogP contribution < -0.4 is 5.32 Å². The van der Waals surface area contributed by atoms with Crippen molar-refractivity contribution >= 4 is 5.82 Å². The fourth-order valence-corrected chi connectivity index (χ4v) is 2.39. The minimum Gasteiger partial charge on any atom is -0.369 e. The molecule has 3 rings (SSSR count). The topological polar surface area (TPSA) is 81.4 Å². The number of rotatable bonds is 5. The molecule has 3 aromatic rings. The van der Waals surface area contributed by atoms with Crippen LogP contribution in [0.5, 0.6) is 0 Å². The highest BCUT2D eigenvalue weighted by Gasteiger charge is 2.10. The zero-order chi connectivity index (χ0) is 17.1. The van der Waals surface area contributed by atoms with Crippen molar-refractivity contribution in [1.82, 2.24) is 29.7 Å². The first-order chi connectivity index (χ1) is 11.6. The van der Waals surface area contributed by atoms with E-state index >= 15 is 0 Å². The minimum atomic E-state index is 0.706. The van der Waals surface area contributed by atoms with E-state index in [0.29, 0.717) is 5.82 Å². The Bertz CT molecular complexity index is 840. The molecule has 124 valence electrons. The third-order valence-corrected chi connectivity index (χ3v) is 4.15. The van der Waals surface area contributed by atoms with Gasteiger partial charge in [-0.25, -0.2) is 9.97 Å². The summed E-state index contributed by atoms with van der Waals surface area (Å²) in [5.74, 6) is 3.43. The average molecular weight is 323 g/mol. The molecule has 3 heterocycles. The monoisotopic (exact) mass is 323 g/mol. The quantitative estimate of drug-likeness (QED) is 0.775. The molecule has 0 saturated carbocycles. The Kier molecular flexibility index (Phi) is 4.50. The van der Waals surface area contributed by atoms with Gasteiger partial charge in [0.05, 0.1) is 0 Å². The molecule has 0 aromatic carbocycles. The highest BCUT2D eigenvalue weighted by Crippen LogP contribution is 2.21. The first-order valence-corrected chi connectivity index (χ1v) is 7.90. The van der Waals surface area contributed by atoms with Gasteiger partial charge in [0.2, 0.25) is 0 Å². The van der Waals surface area contributed by atoms with Gasteiger partial charge in [-0.05, 0) is 32.9 Å². The summed E-state index contributed by atoms with van der Waals surface area (Å²) in [6.45, 7) is 6.71. The van der Waals surface area contributed by atoms with Crippen molar-refractivity contribution in [3.8, 4) is 11.4 Å². The lowest BCUT2D eigenvalue weighted by atomic mass is 10.2. The number of nitrogens with one attached hydrogen (secondary N) is 1. The first kappa shape index (κ1) is 16.0. The van der Waals surface area contributed by atoms with Crippen LogP contribution in [-0.2, 0) is 13.5 Å². The fourth-order valence-electron chi connectivity index (χ4n) is 2.39. The summed E-state index contributed by atoms with van der Waals surface area (Å²) in [5.41, 5.74) is 2.98. The van der Waals surface area contributed by atoms with Crippen LogP contribution in [0.15, 0.2) is 24.5 Å². The van der Waals surface area contributed by atoms with Crippen molar-refractivity contribution in [2.45, 2.75) is 27.2 Å². The van der Waals surface area contributed by atoms with E-state index in [2.05, 4.69) is 30.5 Å². The number of hydrogen-bond acceptors (Lipinski definition) is 6. The molecule has 7 nitrogen and oxygen atoms in total. The third-order valence-electron chi connectivity index (χ3n) is 4.15. The molecular weight excluding hydrogens is 302 g/mol. The molecule has 0 aliphatic carbocycles. The van der Waals surface area contributed by atoms with Gasteiger partial charge in [-0.1, -0.05) is 0 Å². The molecule has 0 aliphatic rings. The van der Waals surface area contributed by atoms with Gasteiger partial charge in [0.25, 0.3) is 0 Å². The molecule has 1 N–H and O–H groups in total. The smallest absolute Gasteiger partial charge is 0.161 e. The molecule has 0 radical (unpaired) electrons. The summed E-state index contributed by atoms with van der Waals surface area (Å²) in [4.78, 5) is 13.3. The lowest BCUT2D eigenvalue weighted by Gasteiger charge is -2.12. The molecule has 0 spiro atoms. The van der Waals surface area contributed by atoms with E-state index in [1.165, 1.54) is 0 Å². The Morgan fingerprint density at radius 3 is 2.46 bits per heavy atom. The van der Waals surface area contributed by atoms with Gasteiger partial charge >= 0.3 is 0 Å². The summed E-state index contributed by atoms with van der Waals surface area (Å²) in [6.07, 6.45) is 4.28. The molecule has 0 fully saturated rings. The van der Waals surface area contributed by atoms with E-state index in [-0.39, 0.29) is 0 Å². The van der Waals surface area contributed by atoms with E-state index in [1.807, 2.05) is 44.5 Å². The molecule has 0 unspecified atom stereocenters. The second-order valence-electron chi connectivity index (χ2n) is 5.74. The van der Waals surface area contributed by atoms with E-state index in [4.69, 9.17) is 0 Å². The summed E-state index contributed by atoms with van der Waals surface area (Å²) in [7, 11) is 1.98. The van der Waals surface area contributed by atoms with E-state index in [0.717, 1.165) is 47.3 Å². The summed E-state index contributed by atoms with van der Waals surface area (Å²) in [6, 6.07) is 3.83. The predicted octanol–water partition coefficient (Wildman–Crippen LogP) is 2.25. The highest BCUT2D eigenvalue weighted by atomic mass is 15.3. The van der Waals surface area contributed by atoms with Crippen LogP contribution in [0.25, 0.3) is 11.4 Å². The van der Waals surface area contributed by atoms with Crippen LogP contribution in [0.4, 0.5) is 5.82 Å². The maximum atomic E-state index is 4.67. The van der Waals surface area contributed by atoms with Gasteiger partial charge in [0.15, 0.2) is 5.82 Å². The van der Waals surface area contributed by atoms with Gasteiger partial charge in [0.1, 0.15) is 17.5 Å². The molecule has 0 amide bonds. The van der Waals surface area contributed by atoms with Crippen LogP contribution >= 0.6 is 0 Å². The molecule has 7 heteroatoms. The molecular formula is C17H21N7. The zero-order valence-corrected chi connectivity index (χ0v) is 14.4. The SMILES string of the molecule is Cc1nc(-c2ccncc2)nc(NCCc2nnc(C)n2C)c1C. The number of anilines is 1. The van der Waals surface area contributed by atoms with E-state index in [9.17, 15) is 0 Å². The Balaban J connectivity index is 1.77. The Hall–Kier alpha value is -2.83. The largest absolute Gasteiger partial charge is 0.369 e. The summed E-state index contributed by atoms with van der Waals surface area (Å²) in [5, 5.41) is 11.7. The summed E-state index contributed by atoms with van der Waals surface area (Å²) >= 11 is 0. The van der Waals surface area contributed by atoms with Gasteiger partial charge in [-0.3, -0.25) is 4.98 Å². The molecule has 24 heavy (non-hydrogen) atoms. The molecule has 0 bridgehead atoms. The number of nitrogens with zero attached hydrogens (tertiary/aromatic N) is 6. The molecule has 3 aromatic heterocycles. The van der Waals surface area contributed by atoms with Gasteiger partial charge in [0, 0.05) is 49.2 Å². The van der Waals surface area contributed by atoms with Crippen LogP contribution in [-0.4, -0.2) is 36.3 Å². The maximum Gasteiger partial charge on any atom is 0.161 e. The number of aryl methyl sites for hydroxylation is 2. The van der Waals surface area contributed by atoms with Crippen LogP contribution in [0.1, 0.15) is 22.9 Å². The van der Waals surface area contributed by atoms with Crippen molar-refractivity contribution in [3.63, 3.8) is 0 Å². The molecule has 0 atom stereocenters. The normalized spacial score (nSPS) is 10.8. The standard InChI is InChI=1S/C17H21N7/c1-11-12(2)20-17(14-5-8-18-9-6-14)21-16(11)19-10-7-15-23-22-13(3)24(15)4/h5-6,8-9H,7,10H2,1-4H3,(H,19,20,21). The Labute approximate surface area is 141 Å². The van der Waals surface area contributed by atoms with Crippen molar-refractivity contribution in [2.75, 3.05) is 11.9 Å². The number of pyridine rings is 1. The van der Waals surface area contributed by atoms with Gasteiger partial charge in [-0.15, -0.1) is 10.2 Å². The number of aromatic nitrogens is 6. The average Bonchev–Trinajstić information content (AvgIpc) is 2.91. The number of hydrogen-bond donors (Lipinski definition) is 1. The fraction of sp³-hybridized carbons (Fsp3) is 0.353. The third kappa shape index (κ3) is 3.24. The lowest BCUT2D eigenvalue weighted by molar-refractivity contribution is 0.769. The van der Waals surface area contributed by atoms with Crippen molar-refractivity contribution in [2.24, 2.45) is 7.05 Å².